The molecule has 0 saturated carbocycles. The highest BCUT2D eigenvalue weighted by molar-refractivity contribution is 5.79. The molecule has 2 aromatic rings. The number of methoxy groups -OCH3 is 2. The number of nitrogens with two attached hydrogens (primary N) is 1. The predicted molar refractivity (Wildman–Crippen MR) is 72.9 cm³/mol. The minimum Gasteiger partial charge on any atom is -0.496 e. The molecule has 2 rings (SSSR count). The van der Waals surface area contributed by atoms with Crippen LogP contribution >= 0.6 is 0 Å². The fraction of sp³-hybridized carbons (Fsp3) is 0.200. The quantitative estimate of drug-likeness (QED) is 0.898. The Morgan fingerprint density at radius 3 is 2.06 bits per heavy atom. The SMILES string of the molecule is COc1cccc(OC)c1-c1ccccc1CN. The summed E-state index contributed by atoms with van der Waals surface area (Å²) >= 11 is 0. The second-order valence-electron chi connectivity index (χ2n) is 3.90. The molecule has 0 aliphatic heterocycles. The molecule has 0 radical (unpaired) electrons. The van der Waals surface area contributed by atoms with Crippen LogP contribution in [0.4, 0.5) is 0 Å². The number of benzene rings is 2. The average Bonchev–Trinajstić information content (AvgIpc) is 2.46. The minimum atomic E-state index is 0.484. The first-order valence-electron chi connectivity index (χ1n) is 5.81. The van der Waals surface area contributed by atoms with E-state index in [1.165, 1.54) is 0 Å². The maximum atomic E-state index is 5.79. The van der Waals surface area contributed by atoms with Crippen molar-refractivity contribution < 1.29 is 9.47 Å². The number of hydrogen-bond acceptors (Lipinski definition) is 3. The van der Waals surface area contributed by atoms with Crippen molar-refractivity contribution >= 4 is 0 Å². The van der Waals surface area contributed by atoms with E-state index in [0.717, 1.165) is 28.2 Å². The maximum Gasteiger partial charge on any atom is 0.130 e. The van der Waals surface area contributed by atoms with E-state index < -0.39 is 0 Å². The second-order valence-corrected chi connectivity index (χ2v) is 3.90. The van der Waals surface area contributed by atoms with E-state index in [4.69, 9.17) is 15.2 Å². The number of ether oxygens (including phenoxy) is 2. The zero-order valence-electron chi connectivity index (χ0n) is 10.6. The molecule has 18 heavy (non-hydrogen) atoms. The van der Waals surface area contributed by atoms with Crippen LogP contribution in [-0.2, 0) is 6.54 Å². The van der Waals surface area contributed by atoms with Crippen molar-refractivity contribution in [1.82, 2.24) is 0 Å². The first-order chi connectivity index (χ1) is 8.81. The molecule has 0 aliphatic rings. The van der Waals surface area contributed by atoms with Gasteiger partial charge in [-0.05, 0) is 23.3 Å². The third-order valence-electron chi connectivity index (χ3n) is 2.93. The lowest BCUT2D eigenvalue weighted by Crippen LogP contribution is -2.00. The summed E-state index contributed by atoms with van der Waals surface area (Å²) in [5, 5.41) is 0. The van der Waals surface area contributed by atoms with Gasteiger partial charge in [-0.1, -0.05) is 30.3 Å². The normalized spacial score (nSPS) is 10.2. The zero-order valence-corrected chi connectivity index (χ0v) is 10.6. The summed E-state index contributed by atoms with van der Waals surface area (Å²) in [6.07, 6.45) is 0. The predicted octanol–water partition coefficient (Wildman–Crippen LogP) is 2.83. The summed E-state index contributed by atoms with van der Waals surface area (Å²) in [5.41, 5.74) is 8.86. The van der Waals surface area contributed by atoms with Crippen LogP contribution in [0.25, 0.3) is 11.1 Å². The molecule has 0 aromatic heterocycles. The van der Waals surface area contributed by atoms with Gasteiger partial charge in [0.1, 0.15) is 11.5 Å². The molecule has 2 aromatic carbocycles. The molecule has 0 atom stereocenters. The molecule has 94 valence electrons. The van der Waals surface area contributed by atoms with Crippen molar-refractivity contribution in [2.45, 2.75) is 6.54 Å². The molecular weight excluding hydrogens is 226 g/mol. The van der Waals surface area contributed by atoms with Gasteiger partial charge in [0.25, 0.3) is 0 Å². The average molecular weight is 243 g/mol. The minimum absolute atomic E-state index is 0.484. The van der Waals surface area contributed by atoms with Gasteiger partial charge in [0.15, 0.2) is 0 Å². The van der Waals surface area contributed by atoms with Crippen LogP contribution in [0.1, 0.15) is 5.56 Å². The lowest BCUT2D eigenvalue weighted by molar-refractivity contribution is 0.397. The lowest BCUT2D eigenvalue weighted by atomic mass is 9.98. The van der Waals surface area contributed by atoms with Crippen molar-refractivity contribution in [2.24, 2.45) is 5.73 Å². The maximum absolute atomic E-state index is 5.79. The molecule has 0 heterocycles. The molecular formula is C15H17NO2. The Morgan fingerprint density at radius 1 is 0.889 bits per heavy atom. The van der Waals surface area contributed by atoms with Crippen LogP contribution < -0.4 is 15.2 Å². The molecule has 0 aliphatic carbocycles. The zero-order chi connectivity index (χ0) is 13.0. The molecule has 3 nitrogen and oxygen atoms in total. The molecule has 0 saturated heterocycles. The van der Waals surface area contributed by atoms with Gasteiger partial charge in [0, 0.05) is 6.54 Å². The Kier molecular flexibility index (Phi) is 3.85. The Bertz CT molecular complexity index is 516. The van der Waals surface area contributed by atoms with E-state index in [1.54, 1.807) is 14.2 Å². The van der Waals surface area contributed by atoms with Gasteiger partial charge >= 0.3 is 0 Å². The topological polar surface area (TPSA) is 44.5 Å². The van der Waals surface area contributed by atoms with E-state index in [9.17, 15) is 0 Å². The van der Waals surface area contributed by atoms with Gasteiger partial charge < -0.3 is 15.2 Å². The molecule has 0 unspecified atom stereocenters. The van der Waals surface area contributed by atoms with Crippen molar-refractivity contribution in [1.29, 1.82) is 0 Å². The van der Waals surface area contributed by atoms with Crippen LogP contribution in [0.2, 0.25) is 0 Å². The smallest absolute Gasteiger partial charge is 0.130 e. The highest BCUT2D eigenvalue weighted by Gasteiger charge is 2.14. The molecule has 0 amide bonds. The third-order valence-corrected chi connectivity index (χ3v) is 2.93. The van der Waals surface area contributed by atoms with Crippen LogP contribution in [0, 0.1) is 0 Å². The summed E-state index contributed by atoms with van der Waals surface area (Å²) in [4.78, 5) is 0. The monoisotopic (exact) mass is 243 g/mol. The first-order valence-corrected chi connectivity index (χ1v) is 5.81. The van der Waals surface area contributed by atoms with Crippen molar-refractivity contribution in [3.8, 4) is 22.6 Å². The highest BCUT2D eigenvalue weighted by atomic mass is 16.5. The highest BCUT2D eigenvalue weighted by Crippen LogP contribution is 2.39. The summed E-state index contributed by atoms with van der Waals surface area (Å²) in [7, 11) is 3.31. The summed E-state index contributed by atoms with van der Waals surface area (Å²) in [5.74, 6) is 1.57. The van der Waals surface area contributed by atoms with Gasteiger partial charge in [-0.15, -0.1) is 0 Å². The Hall–Kier alpha value is -2.00. The Labute approximate surface area is 107 Å². The van der Waals surface area contributed by atoms with E-state index in [-0.39, 0.29) is 0 Å². The van der Waals surface area contributed by atoms with E-state index >= 15 is 0 Å². The first kappa shape index (κ1) is 12.5. The van der Waals surface area contributed by atoms with Crippen molar-refractivity contribution in [3.05, 3.63) is 48.0 Å². The third kappa shape index (κ3) is 2.17. The van der Waals surface area contributed by atoms with Gasteiger partial charge in [-0.3, -0.25) is 0 Å². The molecule has 3 heteroatoms. The van der Waals surface area contributed by atoms with Crippen LogP contribution in [0.3, 0.4) is 0 Å². The summed E-state index contributed by atoms with van der Waals surface area (Å²) in [6, 6.07) is 13.8. The van der Waals surface area contributed by atoms with Crippen LogP contribution in [0.15, 0.2) is 42.5 Å². The van der Waals surface area contributed by atoms with Crippen molar-refractivity contribution in [3.63, 3.8) is 0 Å². The Morgan fingerprint density at radius 2 is 1.50 bits per heavy atom. The largest absolute Gasteiger partial charge is 0.496 e. The second kappa shape index (κ2) is 5.56. The number of rotatable bonds is 4. The Balaban J connectivity index is 2.68. The summed E-state index contributed by atoms with van der Waals surface area (Å²) in [6.45, 7) is 0.484. The van der Waals surface area contributed by atoms with Gasteiger partial charge in [-0.25, -0.2) is 0 Å². The van der Waals surface area contributed by atoms with Gasteiger partial charge in [0.2, 0.25) is 0 Å². The fourth-order valence-corrected chi connectivity index (χ4v) is 2.06. The van der Waals surface area contributed by atoms with Crippen LogP contribution in [-0.4, -0.2) is 14.2 Å². The number of hydrogen-bond donors (Lipinski definition) is 1. The van der Waals surface area contributed by atoms with E-state index in [2.05, 4.69) is 0 Å². The summed E-state index contributed by atoms with van der Waals surface area (Å²) < 4.78 is 10.8. The standard InChI is InChI=1S/C15H17NO2/c1-17-13-8-5-9-14(18-2)15(13)12-7-4-3-6-11(12)10-16/h3-9H,10,16H2,1-2H3. The molecule has 2 N–H and O–H groups in total. The lowest BCUT2D eigenvalue weighted by Gasteiger charge is -2.15. The van der Waals surface area contributed by atoms with E-state index in [1.807, 2.05) is 42.5 Å². The van der Waals surface area contributed by atoms with Gasteiger partial charge in [-0.2, -0.15) is 0 Å². The molecule has 0 fully saturated rings. The van der Waals surface area contributed by atoms with Crippen molar-refractivity contribution in [2.75, 3.05) is 14.2 Å². The molecule has 0 spiro atoms. The van der Waals surface area contributed by atoms with Gasteiger partial charge in [0.05, 0.1) is 19.8 Å². The fourth-order valence-electron chi connectivity index (χ4n) is 2.06. The molecule has 0 bridgehead atoms. The van der Waals surface area contributed by atoms with Crippen LogP contribution in [0.5, 0.6) is 11.5 Å². The van der Waals surface area contributed by atoms with E-state index in [0.29, 0.717) is 6.54 Å².